The molecule has 7 aromatic rings. The van der Waals surface area contributed by atoms with E-state index in [1.807, 2.05) is 71.5 Å². The van der Waals surface area contributed by atoms with Crippen LogP contribution in [0.5, 0.6) is 0 Å². The van der Waals surface area contributed by atoms with Crippen molar-refractivity contribution in [3.05, 3.63) is 152 Å². The van der Waals surface area contributed by atoms with Crippen LogP contribution in [-0.2, 0) is 0 Å². The third-order valence-corrected chi connectivity index (χ3v) is 6.98. The maximum absolute atomic E-state index is 4.95. The summed E-state index contributed by atoms with van der Waals surface area (Å²) in [6, 6.07) is 49.5. The van der Waals surface area contributed by atoms with Crippen LogP contribution in [0.4, 0.5) is 0 Å². The summed E-state index contributed by atoms with van der Waals surface area (Å²) in [5, 5.41) is 14.4. The fourth-order valence-corrected chi connectivity index (χ4v) is 5.14. The molecule has 0 amide bonds. The Hall–Kier alpha value is -5.55. The summed E-state index contributed by atoms with van der Waals surface area (Å²) >= 11 is 0. The predicted molar refractivity (Wildman–Crippen MR) is 160 cm³/mol. The van der Waals surface area contributed by atoms with Crippen LogP contribution in [0, 0.1) is 0 Å². The molecular formula is C35H25N5. The van der Waals surface area contributed by atoms with E-state index in [9.17, 15) is 0 Å². The summed E-state index contributed by atoms with van der Waals surface area (Å²) in [5.41, 5.74) is 8.13. The van der Waals surface area contributed by atoms with Crippen LogP contribution >= 0.6 is 0 Å². The van der Waals surface area contributed by atoms with Gasteiger partial charge >= 0.3 is 0 Å². The van der Waals surface area contributed by atoms with E-state index in [1.54, 1.807) is 0 Å². The molecule has 0 bridgehead atoms. The molecule has 5 heteroatoms. The predicted octanol–water partition coefficient (Wildman–Crippen LogP) is 8.12. The number of para-hydroxylation sites is 2. The van der Waals surface area contributed by atoms with Gasteiger partial charge in [0, 0.05) is 27.9 Å². The lowest BCUT2D eigenvalue weighted by Gasteiger charge is -2.16. The van der Waals surface area contributed by atoms with Crippen LogP contribution in [0.2, 0.25) is 0 Å². The van der Waals surface area contributed by atoms with Crippen LogP contribution in [-0.4, -0.2) is 24.5 Å². The molecule has 5 nitrogen and oxygen atoms in total. The Labute approximate surface area is 232 Å². The van der Waals surface area contributed by atoms with Gasteiger partial charge in [0.05, 0.1) is 17.6 Å². The zero-order valence-corrected chi connectivity index (χ0v) is 21.7. The Morgan fingerprint density at radius 1 is 0.425 bits per heavy atom. The minimum Gasteiger partial charge on any atom is -0.275 e. The molecule has 0 radical (unpaired) electrons. The summed E-state index contributed by atoms with van der Waals surface area (Å²) in [5.74, 6) is 1.53. The molecule has 7 rings (SSSR count). The summed E-state index contributed by atoms with van der Waals surface area (Å²) in [6.45, 7) is 0. The molecular weight excluding hydrogens is 490 g/mol. The van der Waals surface area contributed by atoms with Crippen molar-refractivity contribution in [1.29, 1.82) is 0 Å². The van der Waals surface area contributed by atoms with Crippen molar-refractivity contribution in [2.24, 2.45) is 0 Å². The Morgan fingerprint density at radius 2 is 0.950 bits per heavy atom. The van der Waals surface area contributed by atoms with Crippen molar-refractivity contribution < 1.29 is 0 Å². The molecule has 5 aromatic carbocycles. The van der Waals surface area contributed by atoms with Gasteiger partial charge in [0.15, 0.2) is 11.6 Å². The number of hydrogen-bond donors (Lipinski definition) is 0. The monoisotopic (exact) mass is 515 g/mol. The minimum absolute atomic E-state index is 0.747. The second-order valence-electron chi connectivity index (χ2n) is 9.45. The molecule has 0 unspecified atom stereocenters. The molecule has 190 valence electrons. The molecule has 0 aliphatic carbocycles. The normalized spacial score (nSPS) is 11.0. The maximum atomic E-state index is 4.95. The lowest BCUT2D eigenvalue weighted by atomic mass is 10.0. The Kier molecular flexibility index (Phi) is 6.07. The van der Waals surface area contributed by atoms with Crippen LogP contribution < -0.4 is 0 Å². The molecule has 0 saturated carbocycles. The average molecular weight is 516 g/mol. The second-order valence-corrected chi connectivity index (χ2v) is 9.45. The highest BCUT2D eigenvalue weighted by Crippen LogP contribution is 2.37. The van der Waals surface area contributed by atoms with Gasteiger partial charge in [-0.05, 0) is 29.8 Å². The van der Waals surface area contributed by atoms with E-state index in [2.05, 4.69) is 89.5 Å². The SMILES string of the molecule is c1ccc(-c2cnn(-c3ccccc3-c3nnc(-c4ccccc4)n3-c3ccccc3)c2-c2ccccc2)cc1. The fourth-order valence-electron chi connectivity index (χ4n) is 5.14. The topological polar surface area (TPSA) is 48.5 Å². The Bertz CT molecular complexity index is 1730. The molecule has 0 fully saturated rings. The van der Waals surface area contributed by atoms with Gasteiger partial charge in [0.2, 0.25) is 0 Å². The van der Waals surface area contributed by atoms with Crippen molar-refractivity contribution in [3.8, 4) is 56.5 Å². The third-order valence-electron chi connectivity index (χ3n) is 6.98. The summed E-state index contributed by atoms with van der Waals surface area (Å²) in [6.07, 6.45) is 1.95. The van der Waals surface area contributed by atoms with E-state index in [1.165, 1.54) is 0 Å². The largest absolute Gasteiger partial charge is 0.275 e. The van der Waals surface area contributed by atoms with Crippen LogP contribution in [0.3, 0.4) is 0 Å². The van der Waals surface area contributed by atoms with Gasteiger partial charge in [0.1, 0.15) is 0 Å². The zero-order chi connectivity index (χ0) is 26.7. The molecule has 0 spiro atoms. The molecule has 0 saturated heterocycles. The quantitative estimate of drug-likeness (QED) is 0.225. The van der Waals surface area contributed by atoms with Gasteiger partial charge in [-0.2, -0.15) is 5.10 Å². The minimum atomic E-state index is 0.747. The van der Waals surface area contributed by atoms with E-state index in [-0.39, 0.29) is 0 Å². The van der Waals surface area contributed by atoms with Crippen molar-refractivity contribution in [1.82, 2.24) is 24.5 Å². The summed E-state index contributed by atoms with van der Waals surface area (Å²) in [4.78, 5) is 0. The molecule has 0 N–H and O–H groups in total. The van der Waals surface area contributed by atoms with Gasteiger partial charge in [0.25, 0.3) is 0 Å². The standard InChI is InChI=1S/C35H25N5/c1-5-15-26(16-6-1)31-25-36-40(33(31)27-17-7-2-8-18-27)32-24-14-13-23-30(32)35-38-37-34(28-19-9-3-10-20-28)39(35)29-21-11-4-12-22-29/h1-25H. The van der Waals surface area contributed by atoms with E-state index >= 15 is 0 Å². The number of aromatic nitrogens is 5. The highest BCUT2D eigenvalue weighted by Gasteiger charge is 2.23. The third kappa shape index (κ3) is 4.20. The maximum Gasteiger partial charge on any atom is 0.171 e. The first-order valence-electron chi connectivity index (χ1n) is 13.2. The lowest BCUT2D eigenvalue weighted by Crippen LogP contribution is -2.05. The second kappa shape index (κ2) is 10.3. The highest BCUT2D eigenvalue weighted by atomic mass is 15.3. The smallest absolute Gasteiger partial charge is 0.171 e. The van der Waals surface area contributed by atoms with E-state index < -0.39 is 0 Å². The van der Waals surface area contributed by atoms with Crippen molar-refractivity contribution in [2.45, 2.75) is 0 Å². The molecule has 2 heterocycles. The van der Waals surface area contributed by atoms with Gasteiger partial charge in [-0.15, -0.1) is 10.2 Å². The first-order chi connectivity index (χ1) is 19.9. The van der Waals surface area contributed by atoms with Crippen LogP contribution in [0.15, 0.2) is 152 Å². The molecule has 0 aliphatic rings. The van der Waals surface area contributed by atoms with Gasteiger partial charge in [-0.1, -0.05) is 121 Å². The molecule has 2 aromatic heterocycles. The number of rotatable bonds is 6. The van der Waals surface area contributed by atoms with Gasteiger partial charge < -0.3 is 0 Å². The average Bonchev–Trinajstić information content (AvgIpc) is 3.68. The highest BCUT2D eigenvalue weighted by molar-refractivity contribution is 5.83. The first kappa shape index (κ1) is 23.6. The molecule has 40 heavy (non-hydrogen) atoms. The fraction of sp³-hybridized carbons (Fsp3) is 0. The summed E-state index contributed by atoms with van der Waals surface area (Å²) < 4.78 is 4.15. The van der Waals surface area contributed by atoms with Gasteiger partial charge in [-0.25, -0.2) is 4.68 Å². The zero-order valence-electron chi connectivity index (χ0n) is 21.7. The van der Waals surface area contributed by atoms with E-state index in [4.69, 9.17) is 15.3 Å². The van der Waals surface area contributed by atoms with Gasteiger partial charge in [-0.3, -0.25) is 4.57 Å². The van der Waals surface area contributed by atoms with Crippen molar-refractivity contribution in [3.63, 3.8) is 0 Å². The first-order valence-corrected chi connectivity index (χ1v) is 13.2. The van der Waals surface area contributed by atoms with E-state index in [0.717, 1.165) is 56.5 Å². The molecule has 0 atom stereocenters. The van der Waals surface area contributed by atoms with Crippen molar-refractivity contribution >= 4 is 0 Å². The number of hydrogen-bond acceptors (Lipinski definition) is 3. The van der Waals surface area contributed by atoms with Crippen LogP contribution in [0.25, 0.3) is 56.5 Å². The van der Waals surface area contributed by atoms with Crippen molar-refractivity contribution in [2.75, 3.05) is 0 Å². The van der Waals surface area contributed by atoms with Crippen LogP contribution in [0.1, 0.15) is 0 Å². The number of nitrogens with zero attached hydrogens (tertiary/aromatic N) is 5. The summed E-state index contributed by atoms with van der Waals surface area (Å²) in [7, 11) is 0. The number of benzene rings is 5. The Balaban J connectivity index is 1.48. The van der Waals surface area contributed by atoms with E-state index in [0.29, 0.717) is 0 Å². The lowest BCUT2D eigenvalue weighted by molar-refractivity contribution is 0.886. The Morgan fingerprint density at radius 3 is 1.62 bits per heavy atom. The molecule has 0 aliphatic heterocycles.